The van der Waals surface area contributed by atoms with E-state index in [9.17, 15) is 40.6 Å². The van der Waals surface area contributed by atoms with Gasteiger partial charge in [-0.1, -0.05) is 0 Å². The normalized spacial score (nSPS) is 11.3. The Balaban J connectivity index is 0.00000320. The van der Waals surface area contributed by atoms with Gasteiger partial charge in [-0.2, -0.15) is 31.7 Å². The molecule has 30 heavy (non-hydrogen) atoms. The van der Waals surface area contributed by atoms with Crippen molar-refractivity contribution < 1.29 is 57.7 Å². The van der Waals surface area contributed by atoms with Crippen LogP contribution in [0.4, 0.5) is 30.7 Å². The van der Waals surface area contributed by atoms with Crippen molar-refractivity contribution >= 4 is 5.78 Å². The predicted octanol–water partition coefficient (Wildman–Crippen LogP) is 4.09. The second-order valence-corrected chi connectivity index (χ2v) is 5.76. The average Bonchev–Trinajstić information content (AvgIpc) is 2.91. The minimum absolute atomic E-state index is 0. The van der Waals surface area contributed by atoms with Crippen LogP contribution < -0.4 is 0 Å². The van der Waals surface area contributed by atoms with Gasteiger partial charge in [0.15, 0.2) is 17.3 Å². The topological polar surface area (TPSA) is 68.0 Å². The number of aryl methyl sites for hydroxylation is 1. The maximum atomic E-state index is 14.3. The molecule has 0 saturated carbocycles. The molecule has 13 heteroatoms. The van der Waals surface area contributed by atoms with Crippen LogP contribution in [0.2, 0.25) is 0 Å². The molecule has 0 aliphatic heterocycles. The molecule has 2 heterocycles. The number of pyridine rings is 1. The van der Waals surface area contributed by atoms with E-state index in [2.05, 4.69) is 10.1 Å². The summed E-state index contributed by atoms with van der Waals surface area (Å²) in [5.74, 6) is -9.66. The molecule has 2 aromatic heterocycles. The molecule has 3 aromatic rings. The van der Waals surface area contributed by atoms with Crippen LogP contribution in [0.3, 0.4) is 0 Å². The molecular weight excluding hydrogens is 466 g/mol. The van der Waals surface area contributed by atoms with Crippen LogP contribution in [0.25, 0.3) is 5.69 Å². The summed E-state index contributed by atoms with van der Waals surface area (Å²) >= 11 is 0. The third kappa shape index (κ3) is 3.90. The molecule has 1 N–H and O–H groups in total. The van der Waals surface area contributed by atoms with E-state index in [-0.39, 0.29) is 33.0 Å². The van der Waals surface area contributed by atoms with E-state index in [0.29, 0.717) is 0 Å². The average molecular weight is 474 g/mol. The van der Waals surface area contributed by atoms with Crippen molar-refractivity contribution in [3.8, 4) is 11.6 Å². The van der Waals surface area contributed by atoms with Crippen molar-refractivity contribution in [3.05, 3.63) is 70.2 Å². The number of carbonyl (C=O) groups is 1. The molecule has 0 bridgehead atoms. The van der Waals surface area contributed by atoms with E-state index in [1.165, 1.54) is 0 Å². The number of halogens is 7. The summed E-state index contributed by atoms with van der Waals surface area (Å²) in [4.78, 5) is 14.7. The summed E-state index contributed by atoms with van der Waals surface area (Å²) < 4.78 is 93.4. The van der Waals surface area contributed by atoms with E-state index >= 15 is 0 Å². The Kier molecular flexibility index (Phi) is 6.29. The maximum Gasteiger partial charge on any atom is 0.436 e. The first kappa shape index (κ1) is 23.4. The molecule has 0 spiro atoms. The van der Waals surface area contributed by atoms with Gasteiger partial charge in [-0.15, -0.1) is 0 Å². The van der Waals surface area contributed by atoms with Gasteiger partial charge in [0.05, 0.1) is 5.69 Å². The molecular formula is C17H8F7MnN3O2. The number of aromatic hydroxyl groups is 1. The van der Waals surface area contributed by atoms with Gasteiger partial charge < -0.3 is 5.11 Å². The third-order valence-electron chi connectivity index (χ3n) is 3.86. The largest absolute Gasteiger partial charge is 0.493 e. The van der Waals surface area contributed by atoms with Crippen molar-refractivity contribution in [2.45, 2.75) is 13.1 Å². The van der Waals surface area contributed by atoms with Gasteiger partial charge in [-0.25, -0.2) is 13.8 Å². The summed E-state index contributed by atoms with van der Waals surface area (Å²) in [5.41, 5.74) is -5.18. The quantitative estimate of drug-likeness (QED) is 0.269. The van der Waals surface area contributed by atoms with Crippen molar-refractivity contribution in [1.82, 2.24) is 14.8 Å². The molecule has 3 rings (SSSR count). The summed E-state index contributed by atoms with van der Waals surface area (Å²) in [5, 5.41) is 13.7. The molecule has 0 atom stereocenters. The first-order valence-corrected chi connectivity index (χ1v) is 7.64. The van der Waals surface area contributed by atoms with Gasteiger partial charge in [0, 0.05) is 22.6 Å². The molecule has 1 aromatic carbocycles. The van der Waals surface area contributed by atoms with E-state index < -0.39 is 58.2 Å². The first-order chi connectivity index (χ1) is 13.4. The van der Waals surface area contributed by atoms with Crippen molar-refractivity contribution in [2.24, 2.45) is 0 Å². The summed E-state index contributed by atoms with van der Waals surface area (Å²) in [7, 11) is 0. The molecule has 0 aliphatic rings. The smallest absolute Gasteiger partial charge is 0.436 e. The molecule has 159 valence electrons. The fraction of sp³-hybridized carbons (Fsp3) is 0.118. The van der Waals surface area contributed by atoms with Crippen molar-refractivity contribution in [1.29, 1.82) is 0 Å². The predicted molar refractivity (Wildman–Crippen MR) is 82.5 cm³/mol. The molecule has 5 nitrogen and oxygen atoms in total. The summed E-state index contributed by atoms with van der Waals surface area (Å²) in [6.45, 7) is 1.12. The molecule has 0 fully saturated rings. The van der Waals surface area contributed by atoms with Crippen LogP contribution in [-0.2, 0) is 23.2 Å². The second-order valence-electron chi connectivity index (χ2n) is 5.76. The molecule has 1 radical (unpaired) electrons. The van der Waals surface area contributed by atoms with Crippen molar-refractivity contribution in [2.75, 3.05) is 0 Å². The second kappa shape index (κ2) is 8.07. The number of carbonyl (C=O) groups excluding carboxylic acids is 1. The number of nitrogens with zero attached hydrogens (tertiary/aromatic N) is 3. The molecule has 0 unspecified atom stereocenters. The Hall–Kier alpha value is -2.92. The molecule has 0 amide bonds. The van der Waals surface area contributed by atoms with Crippen LogP contribution in [0.1, 0.15) is 27.3 Å². The Morgan fingerprint density at radius 3 is 2.13 bits per heavy atom. The molecule has 0 aliphatic carbocycles. The van der Waals surface area contributed by atoms with Gasteiger partial charge in [0.25, 0.3) is 5.95 Å². The minimum atomic E-state index is -5.47. The fourth-order valence-electron chi connectivity index (χ4n) is 2.56. The van der Waals surface area contributed by atoms with Gasteiger partial charge >= 0.3 is 6.18 Å². The SMILES string of the molecule is Cc1nn(-c2c(F)c(F)nc(C(F)(F)F)c2F)c(O)c1C(=O)c1ccc(F)cc1.[Mn]. The van der Waals surface area contributed by atoms with Crippen LogP contribution in [0, 0.1) is 30.3 Å². The van der Waals surface area contributed by atoms with Crippen molar-refractivity contribution in [3.63, 3.8) is 0 Å². The standard InChI is InChI=1S/C17H8F7N3O2.Mn/c1-6-9(13(28)7-2-4-8(18)5-3-7)16(29)27(26-6)12-10(19)14(17(22,23)24)25-15(21)11(12)20;/h2-5,29H,1H3;. The number of aromatic nitrogens is 3. The van der Waals surface area contributed by atoms with Gasteiger partial charge in [-0.3, -0.25) is 4.79 Å². The zero-order chi connectivity index (χ0) is 21.7. The summed E-state index contributed by atoms with van der Waals surface area (Å²) in [6.07, 6.45) is -5.47. The number of alkyl halides is 3. The maximum absolute atomic E-state index is 14.3. The number of rotatable bonds is 3. The van der Waals surface area contributed by atoms with Crippen LogP contribution in [0.5, 0.6) is 5.88 Å². The van der Waals surface area contributed by atoms with E-state index in [4.69, 9.17) is 0 Å². The number of hydrogen-bond acceptors (Lipinski definition) is 4. The molecule has 0 saturated heterocycles. The van der Waals surface area contributed by atoms with E-state index in [1.807, 2.05) is 0 Å². The van der Waals surface area contributed by atoms with Gasteiger partial charge in [-0.05, 0) is 31.2 Å². The van der Waals surface area contributed by atoms with Gasteiger partial charge in [0.1, 0.15) is 17.1 Å². The Labute approximate surface area is 173 Å². The number of benzene rings is 1. The number of hydrogen-bond donors (Lipinski definition) is 1. The minimum Gasteiger partial charge on any atom is -0.493 e. The Morgan fingerprint density at radius 2 is 1.60 bits per heavy atom. The monoisotopic (exact) mass is 474 g/mol. The number of ketones is 1. The summed E-state index contributed by atoms with van der Waals surface area (Å²) in [6, 6.07) is 3.94. The third-order valence-corrected chi connectivity index (χ3v) is 3.86. The first-order valence-electron chi connectivity index (χ1n) is 7.64. The Bertz CT molecular complexity index is 1130. The van der Waals surface area contributed by atoms with Crippen LogP contribution in [0.15, 0.2) is 24.3 Å². The van der Waals surface area contributed by atoms with Crippen LogP contribution in [-0.4, -0.2) is 25.7 Å². The zero-order valence-corrected chi connectivity index (χ0v) is 15.7. The Morgan fingerprint density at radius 1 is 1.03 bits per heavy atom. The van der Waals surface area contributed by atoms with Crippen LogP contribution >= 0.6 is 0 Å². The van der Waals surface area contributed by atoms with E-state index in [0.717, 1.165) is 31.2 Å². The fourth-order valence-corrected chi connectivity index (χ4v) is 2.56. The zero-order valence-electron chi connectivity index (χ0n) is 14.5. The van der Waals surface area contributed by atoms with E-state index in [1.54, 1.807) is 0 Å². The van der Waals surface area contributed by atoms with Gasteiger partial charge in [0.2, 0.25) is 11.7 Å².